The molecule has 6 aromatic carbocycles. The first-order chi connectivity index (χ1) is 18.7. The van der Waals surface area contributed by atoms with E-state index in [-0.39, 0.29) is 0 Å². The van der Waals surface area contributed by atoms with Gasteiger partial charge in [0.2, 0.25) is 0 Å². The highest BCUT2D eigenvalue weighted by Gasteiger charge is 2.23. The summed E-state index contributed by atoms with van der Waals surface area (Å²) in [6, 6.07) is 41.2. The van der Waals surface area contributed by atoms with Crippen LogP contribution in [-0.4, -0.2) is 4.57 Å². The highest BCUT2D eigenvalue weighted by molar-refractivity contribution is 9.10. The molecule has 0 spiro atoms. The number of aryl methyl sites for hydroxylation is 1. The third kappa shape index (κ3) is 3.06. The molecule has 0 atom stereocenters. The second-order valence-electron chi connectivity index (χ2n) is 9.99. The summed E-state index contributed by atoms with van der Waals surface area (Å²) in [5.41, 5.74) is 8.82. The molecule has 2 aromatic heterocycles. The van der Waals surface area contributed by atoms with Crippen molar-refractivity contribution in [1.82, 2.24) is 4.57 Å². The predicted molar refractivity (Wildman–Crippen MR) is 163 cm³/mol. The molecule has 0 saturated heterocycles. The smallest absolute Gasteiger partial charge is 0.160 e. The summed E-state index contributed by atoms with van der Waals surface area (Å²) < 4.78 is 10.2. The van der Waals surface area contributed by atoms with Crippen LogP contribution in [0.3, 0.4) is 0 Å². The van der Waals surface area contributed by atoms with E-state index in [1.807, 2.05) is 6.07 Å². The summed E-state index contributed by atoms with van der Waals surface area (Å²) in [5, 5.41) is 7.14. The van der Waals surface area contributed by atoms with E-state index in [1.54, 1.807) is 0 Å². The molecule has 8 rings (SSSR count). The minimum absolute atomic E-state index is 0.901. The van der Waals surface area contributed by atoms with Crippen molar-refractivity contribution < 1.29 is 4.42 Å². The zero-order valence-corrected chi connectivity index (χ0v) is 22.3. The number of para-hydroxylation sites is 2. The van der Waals surface area contributed by atoms with Crippen LogP contribution in [0.4, 0.5) is 0 Å². The first-order valence-corrected chi connectivity index (χ1v) is 13.6. The summed E-state index contributed by atoms with van der Waals surface area (Å²) in [6.45, 7) is 2.14. The predicted octanol–water partition coefficient (Wildman–Crippen LogP) is 10.6. The molecular formula is C35H22BrNO. The van der Waals surface area contributed by atoms with Crippen LogP contribution in [0.1, 0.15) is 5.56 Å². The Balaban J connectivity index is 1.68. The van der Waals surface area contributed by atoms with Gasteiger partial charge in [0.05, 0.1) is 11.0 Å². The lowest BCUT2D eigenvalue weighted by Gasteiger charge is -2.11. The average Bonchev–Trinajstić information content (AvgIpc) is 3.49. The van der Waals surface area contributed by atoms with Gasteiger partial charge in [-0.05, 0) is 65.4 Å². The number of benzene rings is 6. The first-order valence-electron chi connectivity index (χ1n) is 12.8. The van der Waals surface area contributed by atoms with Crippen LogP contribution in [0, 0.1) is 6.92 Å². The molecule has 180 valence electrons. The van der Waals surface area contributed by atoms with Gasteiger partial charge in [0, 0.05) is 37.1 Å². The maximum atomic E-state index is 6.76. The quantitative estimate of drug-likeness (QED) is 0.209. The molecule has 8 aromatic rings. The number of hydrogen-bond acceptors (Lipinski definition) is 1. The van der Waals surface area contributed by atoms with Gasteiger partial charge in [-0.3, -0.25) is 0 Å². The molecule has 0 fully saturated rings. The van der Waals surface area contributed by atoms with Crippen molar-refractivity contribution in [1.29, 1.82) is 0 Å². The van der Waals surface area contributed by atoms with Crippen LogP contribution in [0.2, 0.25) is 0 Å². The summed E-state index contributed by atoms with van der Waals surface area (Å²) in [6.07, 6.45) is 0. The lowest BCUT2D eigenvalue weighted by atomic mass is 9.95. The van der Waals surface area contributed by atoms with Crippen LogP contribution in [-0.2, 0) is 0 Å². The van der Waals surface area contributed by atoms with Crippen LogP contribution in [0.5, 0.6) is 0 Å². The number of fused-ring (bicyclic) bond motifs is 9. The van der Waals surface area contributed by atoms with Crippen molar-refractivity contribution in [3.8, 4) is 16.8 Å². The number of furan rings is 1. The highest BCUT2D eigenvalue weighted by Crippen LogP contribution is 2.46. The molecular weight excluding hydrogens is 530 g/mol. The van der Waals surface area contributed by atoms with E-state index in [9.17, 15) is 0 Å². The molecule has 0 saturated carbocycles. The Morgan fingerprint density at radius 3 is 2.24 bits per heavy atom. The van der Waals surface area contributed by atoms with Crippen LogP contribution < -0.4 is 0 Å². The number of halogens is 1. The summed E-state index contributed by atoms with van der Waals surface area (Å²) in [7, 11) is 0. The Bertz CT molecular complexity index is 2180. The maximum Gasteiger partial charge on any atom is 0.160 e. The summed E-state index contributed by atoms with van der Waals surface area (Å²) in [4.78, 5) is 0. The molecule has 2 nitrogen and oxygen atoms in total. The van der Waals surface area contributed by atoms with Crippen LogP contribution in [0.25, 0.3) is 71.3 Å². The average molecular weight is 552 g/mol. The van der Waals surface area contributed by atoms with Gasteiger partial charge in [-0.15, -0.1) is 0 Å². The molecule has 0 N–H and O–H groups in total. The number of aromatic nitrogens is 1. The molecule has 0 amide bonds. The Labute approximate surface area is 227 Å². The normalized spacial score (nSPS) is 11.9. The van der Waals surface area contributed by atoms with Gasteiger partial charge in [-0.2, -0.15) is 0 Å². The molecule has 0 aliphatic carbocycles. The topological polar surface area (TPSA) is 18.1 Å². The van der Waals surface area contributed by atoms with E-state index < -0.39 is 0 Å². The van der Waals surface area contributed by atoms with E-state index in [4.69, 9.17) is 4.42 Å². The monoisotopic (exact) mass is 551 g/mol. The van der Waals surface area contributed by atoms with Gasteiger partial charge in [0.15, 0.2) is 5.58 Å². The zero-order valence-electron chi connectivity index (χ0n) is 20.7. The lowest BCUT2D eigenvalue weighted by molar-refractivity contribution is 0.671. The molecule has 38 heavy (non-hydrogen) atoms. The molecule has 0 unspecified atom stereocenters. The second-order valence-corrected chi connectivity index (χ2v) is 10.9. The Morgan fingerprint density at radius 2 is 1.39 bits per heavy atom. The largest absolute Gasteiger partial charge is 0.454 e. The molecule has 3 heteroatoms. The fraction of sp³-hybridized carbons (Fsp3) is 0.0286. The van der Waals surface area contributed by atoms with Gasteiger partial charge in [0.1, 0.15) is 5.58 Å². The summed E-state index contributed by atoms with van der Waals surface area (Å²) in [5.74, 6) is 0. The van der Waals surface area contributed by atoms with Crippen molar-refractivity contribution in [2.45, 2.75) is 6.92 Å². The van der Waals surface area contributed by atoms with E-state index in [2.05, 4.69) is 137 Å². The fourth-order valence-electron chi connectivity index (χ4n) is 6.09. The third-order valence-corrected chi connectivity index (χ3v) is 8.09. The number of hydrogen-bond donors (Lipinski definition) is 0. The Morgan fingerprint density at radius 1 is 0.632 bits per heavy atom. The van der Waals surface area contributed by atoms with Gasteiger partial charge in [-0.25, -0.2) is 0 Å². The number of nitrogens with zero attached hydrogens (tertiary/aromatic N) is 1. The summed E-state index contributed by atoms with van der Waals surface area (Å²) >= 11 is 3.74. The van der Waals surface area contributed by atoms with Crippen LogP contribution in [0.15, 0.2) is 124 Å². The van der Waals surface area contributed by atoms with E-state index in [0.29, 0.717) is 0 Å². The van der Waals surface area contributed by atoms with E-state index >= 15 is 0 Å². The van der Waals surface area contributed by atoms with Crippen molar-refractivity contribution in [2.75, 3.05) is 0 Å². The molecule has 0 bridgehead atoms. The number of rotatable bonds is 2. The van der Waals surface area contributed by atoms with Crippen molar-refractivity contribution in [3.63, 3.8) is 0 Å². The van der Waals surface area contributed by atoms with Gasteiger partial charge < -0.3 is 8.98 Å². The molecule has 2 heterocycles. The standard InChI is InChI=1S/C35H22BrNO/c1-21-17-23(19-24(36)18-21)29-20-30-27-16-15-22-9-5-6-12-26(22)33(27)37(25-10-3-2-4-11-25)34(30)35-32(29)28-13-7-8-14-31(28)38-35/h2-20H,1H3. The SMILES string of the molecule is Cc1cc(Br)cc(-c2cc3c4ccc5ccccc5c4n(-c4ccccc4)c3c3oc4ccccc4c23)c1. The zero-order chi connectivity index (χ0) is 25.4. The van der Waals surface area contributed by atoms with Gasteiger partial charge in [0.25, 0.3) is 0 Å². The third-order valence-electron chi connectivity index (χ3n) is 7.63. The molecule has 0 aliphatic rings. The van der Waals surface area contributed by atoms with E-state index in [0.717, 1.165) is 37.6 Å². The highest BCUT2D eigenvalue weighted by atomic mass is 79.9. The van der Waals surface area contributed by atoms with Crippen LogP contribution >= 0.6 is 15.9 Å². The minimum atomic E-state index is 0.901. The van der Waals surface area contributed by atoms with Gasteiger partial charge in [-0.1, -0.05) is 94.8 Å². The maximum absolute atomic E-state index is 6.76. The molecule has 0 aliphatic heterocycles. The van der Waals surface area contributed by atoms with E-state index in [1.165, 1.54) is 43.8 Å². The minimum Gasteiger partial charge on any atom is -0.454 e. The van der Waals surface area contributed by atoms with Crippen molar-refractivity contribution >= 4 is 70.4 Å². The molecule has 0 radical (unpaired) electrons. The first kappa shape index (κ1) is 21.7. The Kier molecular flexibility index (Phi) is 4.62. The fourth-order valence-corrected chi connectivity index (χ4v) is 6.70. The lowest BCUT2D eigenvalue weighted by Crippen LogP contribution is -1.94. The van der Waals surface area contributed by atoms with Gasteiger partial charge >= 0.3 is 0 Å². The Hall–Kier alpha value is -4.34. The van der Waals surface area contributed by atoms with Crippen molar-refractivity contribution in [3.05, 3.63) is 125 Å². The second kappa shape index (κ2) is 8.08. The van der Waals surface area contributed by atoms with Crippen molar-refractivity contribution in [2.24, 2.45) is 0 Å².